The molecule has 1 aromatic heterocycles. The standard InChI is InChI=1S/C20H26N4O4S/c1-13-11-18(19(25)12-23-9-7-15(8-10-23)20(21)26)14(2)24(13)16-3-5-17(6-4-16)29(22,27)28/h3-6,11,15H,7-10,12H2,1-2H3,(H2,21,26)(H2,22,27,28). The number of carbonyl (C=O) groups is 2. The number of primary amides is 1. The van der Waals surface area contributed by atoms with Gasteiger partial charge in [-0.2, -0.15) is 0 Å². The van der Waals surface area contributed by atoms with E-state index in [1.54, 1.807) is 12.1 Å². The van der Waals surface area contributed by atoms with Crippen molar-refractivity contribution in [3.63, 3.8) is 0 Å². The average Bonchev–Trinajstić information content (AvgIpc) is 2.96. The molecule has 1 saturated heterocycles. The van der Waals surface area contributed by atoms with E-state index < -0.39 is 10.0 Å². The zero-order chi connectivity index (χ0) is 21.3. The summed E-state index contributed by atoms with van der Waals surface area (Å²) < 4.78 is 24.8. The van der Waals surface area contributed by atoms with Crippen LogP contribution in [0.2, 0.25) is 0 Å². The third-order valence-electron chi connectivity index (χ3n) is 5.51. The average molecular weight is 419 g/mol. The second kappa shape index (κ2) is 8.10. The first-order valence-electron chi connectivity index (χ1n) is 9.45. The van der Waals surface area contributed by atoms with Crippen molar-refractivity contribution in [2.45, 2.75) is 31.6 Å². The van der Waals surface area contributed by atoms with Crippen molar-refractivity contribution in [3.05, 3.63) is 47.3 Å². The molecule has 2 aromatic rings. The molecule has 1 fully saturated rings. The molecular weight excluding hydrogens is 392 g/mol. The van der Waals surface area contributed by atoms with Gasteiger partial charge in [-0.3, -0.25) is 14.5 Å². The first-order chi connectivity index (χ1) is 13.6. The summed E-state index contributed by atoms with van der Waals surface area (Å²) in [7, 11) is -3.75. The van der Waals surface area contributed by atoms with Crippen molar-refractivity contribution < 1.29 is 18.0 Å². The van der Waals surface area contributed by atoms with Crippen molar-refractivity contribution >= 4 is 21.7 Å². The maximum atomic E-state index is 12.9. The minimum absolute atomic E-state index is 0.0167. The van der Waals surface area contributed by atoms with Gasteiger partial charge in [0.25, 0.3) is 0 Å². The van der Waals surface area contributed by atoms with E-state index in [1.165, 1.54) is 12.1 Å². The van der Waals surface area contributed by atoms with Gasteiger partial charge in [0, 0.05) is 28.6 Å². The summed E-state index contributed by atoms with van der Waals surface area (Å²) in [4.78, 5) is 26.3. The highest BCUT2D eigenvalue weighted by Gasteiger charge is 2.25. The van der Waals surface area contributed by atoms with Crippen LogP contribution in [-0.4, -0.2) is 49.2 Å². The number of sulfonamides is 1. The number of hydrogen-bond acceptors (Lipinski definition) is 5. The molecule has 9 heteroatoms. The molecule has 0 radical (unpaired) electrons. The van der Waals surface area contributed by atoms with E-state index >= 15 is 0 Å². The fourth-order valence-electron chi connectivity index (χ4n) is 3.89. The molecule has 8 nitrogen and oxygen atoms in total. The van der Waals surface area contributed by atoms with Crippen LogP contribution in [0.25, 0.3) is 5.69 Å². The van der Waals surface area contributed by atoms with Crippen molar-refractivity contribution in [2.24, 2.45) is 16.8 Å². The number of primary sulfonamides is 1. The Balaban J connectivity index is 1.77. The lowest BCUT2D eigenvalue weighted by Crippen LogP contribution is -2.40. The Kier molecular flexibility index (Phi) is 5.92. The molecule has 2 heterocycles. The predicted octanol–water partition coefficient (Wildman–Crippen LogP) is 1.12. The molecule has 0 spiro atoms. The Morgan fingerprint density at radius 2 is 1.69 bits per heavy atom. The van der Waals surface area contributed by atoms with Gasteiger partial charge in [0.1, 0.15) is 0 Å². The lowest BCUT2D eigenvalue weighted by atomic mass is 9.96. The van der Waals surface area contributed by atoms with E-state index in [0.717, 1.165) is 17.1 Å². The predicted molar refractivity (Wildman–Crippen MR) is 109 cm³/mol. The fourth-order valence-corrected chi connectivity index (χ4v) is 4.41. The molecule has 1 amide bonds. The Bertz CT molecular complexity index is 1030. The molecule has 0 saturated carbocycles. The topological polar surface area (TPSA) is 128 Å². The summed E-state index contributed by atoms with van der Waals surface area (Å²) in [6.45, 7) is 5.41. The second-order valence-electron chi connectivity index (χ2n) is 7.54. The zero-order valence-corrected chi connectivity index (χ0v) is 17.4. The maximum Gasteiger partial charge on any atom is 0.238 e. The van der Waals surface area contributed by atoms with E-state index in [0.29, 0.717) is 38.0 Å². The number of hydrogen-bond donors (Lipinski definition) is 2. The normalized spacial score (nSPS) is 16.1. The van der Waals surface area contributed by atoms with Gasteiger partial charge in [-0.15, -0.1) is 0 Å². The molecule has 156 valence electrons. The summed E-state index contributed by atoms with van der Waals surface area (Å²) in [5, 5.41) is 5.15. The van der Waals surface area contributed by atoms with Gasteiger partial charge in [0.2, 0.25) is 15.9 Å². The van der Waals surface area contributed by atoms with E-state index in [4.69, 9.17) is 10.9 Å². The zero-order valence-electron chi connectivity index (χ0n) is 16.6. The van der Waals surface area contributed by atoms with Crippen LogP contribution in [0, 0.1) is 19.8 Å². The summed E-state index contributed by atoms with van der Waals surface area (Å²) in [5.41, 5.74) is 8.43. The number of piperidine rings is 1. The highest BCUT2D eigenvalue weighted by atomic mass is 32.2. The molecule has 0 atom stereocenters. The number of nitrogens with zero attached hydrogens (tertiary/aromatic N) is 2. The minimum Gasteiger partial charge on any atom is -0.369 e. The Hall–Kier alpha value is -2.49. The van der Waals surface area contributed by atoms with Crippen molar-refractivity contribution in [2.75, 3.05) is 19.6 Å². The quantitative estimate of drug-likeness (QED) is 0.679. The van der Waals surface area contributed by atoms with Crippen LogP contribution in [0.5, 0.6) is 0 Å². The smallest absolute Gasteiger partial charge is 0.238 e. The number of amides is 1. The van der Waals surface area contributed by atoms with Gasteiger partial charge in [0.15, 0.2) is 5.78 Å². The molecule has 0 bridgehead atoms. The van der Waals surface area contributed by atoms with Crippen LogP contribution in [0.1, 0.15) is 34.6 Å². The largest absolute Gasteiger partial charge is 0.369 e. The molecule has 1 aliphatic rings. The number of benzene rings is 1. The summed E-state index contributed by atoms with van der Waals surface area (Å²) in [6.07, 6.45) is 1.36. The number of aryl methyl sites for hydroxylation is 1. The lowest BCUT2D eigenvalue weighted by molar-refractivity contribution is -0.123. The minimum atomic E-state index is -3.75. The maximum absolute atomic E-state index is 12.9. The summed E-state index contributed by atoms with van der Waals surface area (Å²) in [6, 6.07) is 8.09. The lowest BCUT2D eigenvalue weighted by Gasteiger charge is -2.29. The van der Waals surface area contributed by atoms with Crippen LogP contribution in [0.15, 0.2) is 35.2 Å². The molecule has 0 aliphatic carbocycles. The first kappa shape index (κ1) is 21.2. The number of likely N-dealkylation sites (tertiary alicyclic amines) is 1. The van der Waals surface area contributed by atoms with Crippen LogP contribution >= 0.6 is 0 Å². The Morgan fingerprint density at radius 1 is 1.10 bits per heavy atom. The highest BCUT2D eigenvalue weighted by Crippen LogP contribution is 2.23. The Labute approximate surface area is 170 Å². The van der Waals surface area contributed by atoms with Gasteiger partial charge >= 0.3 is 0 Å². The van der Waals surface area contributed by atoms with E-state index in [9.17, 15) is 18.0 Å². The molecule has 1 aliphatic heterocycles. The van der Waals surface area contributed by atoms with Gasteiger partial charge in [-0.05, 0) is 70.1 Å². The molecular formula is C20H26N4O4S. The van der Waals surface area contributed by atoms with Crippen LogP contribution in [-0.2, 0) is 14.8 Å². The van der Waals surface area contributed by atoms with Crippen LogP contribution in [0.4, 0.5) is 0 Å². The molecule has 3 rings (SSSR count). The van der Waals surface area contributed by atoms with Crippen molar-refractivity contribution in [1.82, 2.24) is 9.47 Å². The fraction of sp³-hybridized carbons (Fsp3) is 0.400. The van der Waals surface area contributed by atoms with Gasteiger partial charge in [-0.25, -0.2) is 13.6 Å². The number of rotatable bonds is 6. The number of Topliss-reactive ketones (excluding diaryl/α,β-unsaturated/α-hetero) is 1. The SMILES string of the molecule is Cc1cc(C(=O)CN2CCC(C(N)=O)CC2)c(C)n1-c1ccc(S(N)(=O)=O)cc1. The van der Waals surface area contributed by atoms with Gasteiger partial charge in [0.05, 0.1) is 11.4 Å². The van der Waals surface area contributed by atoms with Gasteiger partial charge in [-0.1, -0.05) is 0 Å². The number of carbonyl (C=O) groups excluding carboxylic acids is 2. The summed E-state index contributed by atoms with van der Waals surface area (Å²) in [5.74, 6) is -0.359. The molecule has 29 heavy (non-hydrogen) atoms. The van der Waals surface area contributed by atoms with Crippen molar-refractivity contribution in [3.8, 4) is 5.69 Å². The number of aromatic nitrogens is 1. The third kappa shape index (κ3) is 4.58. The monoisotopic (exact) mass is 418 g/mol. The summed E-state index contributed by atoms with van der Waals surface area (Å²) >= 11 is 0. The van der Waals surface area contributed by atoms with E-state index in [2.05, 4.69) is 4.90 Å². The third-order valence-corrected chi connectivity index (χ3v) is 6.44. The molecule has 0 unspecified atom stereocenters. The first-order valence-corrected chi connectivity index (χ1v) is 11.0. The second-order valence-corrected chi connectivity index (χ2v) is 9.10. The highest BCUT2D eigenvalue weighted by molar-refractivity contribution is 7.89. The van der Waals surface area contributed by atoms with Crippen LogP contribution < -0.4 is 10.9 Å². The molecule has 4 N–H and O–H groups in total. The Morgan fingerprint density at radius 3 is 2.21 bits per heavy atom. The van der Waals surface area contributed by atoms with E-state index in [-0.39, 0.29) is 22.5 Å². The van der Waals surface area contributed by atoms with Crippen molar-refractivity contribution in [1.29, 1.82) is 0 Å². The van der Waals surface area contributed by atoms with E-state index in [1.807, 2.05) is 24.5 Å². The molecule has 1 aromatic carbocycles. The van der Waals surface area contributed by atoms with Crippen LogP contribution in [0.3, 0.4) is 0 Å². The van der Waals surface area contributed by atoms with Gasteiger partial charge < -0.3 is 10.3 Å². The number of nitrogens with two attached hydrogens (primary N) is 2. The number of ketones is 1.